The van der Waals surface area contributed by atoms with E-state index in [9.17, 15) is 0 Å². The van der Waals surface area contributed by atoms with Crippen LogP contribution in [0.15, 0.2) is 6.33 Å². The molecule has 1 aromatic rings. The van der Waals surface area contributed by atoms with Crippen molar-refractivity contribution in [1.29, 1.82) is 0 Å². The molecule has 0 aromatic carbocycles. The molecule has 0 aliphatic carbocycles. The van der Waals surface area contributed by atoms with Gasteiger partial charge in [0.05, 0.1) is 6.04 Å². The minimum absolute atomic E-state index is 0.362. The van der Waals surface area contributed by atoms with E-state index in [1.165, 1.54) is 25.9 Å². The quantitative estimate of drug-likeness (QED) is 0.721. The first kappa shape index (κ1) is 14.7. The van der Waals surface area contributed by atoms with Crippen LogP contribution < -0.4 is 0 Å². The third kappa shape index (κ3) is 3.45. The molecule has 0 radical (unpaired) electrons. The van der Waals surface area contributed by atoms with Gasteiger partial charge < -0.3 is 15.1 Å². The monoisotopic (exact) mass is 302 g/mol. The molecule has 2 bridgehead atoms. The lowest BCUT2D eigenvalue weighted by Crippen LogP contribution is -2.48. The van der Waals surface area contributed by atoms with Crippen LogP contribution in [0.2, 0.25) is 5.28 Å². The van der Waals surface area contributed by atoms with E-state index < -0.39 is 11.9 Å². The highest BCUT2D eigenvalue weighted by molar-refractivity contribution is 6.28. The Labute approximate surface area is 120 Å². The maximum atomic E-state index is 9.10. The molecule has 2 N–H and O–H groups in total. The van der Waals surface area contributed by atoms with Crippen LogP contribution in [-0.4, -0.2) is 61.5 Å². The van der Waals surface area contributed by atoms with E-state index >= 15 is 0 Å². The zero-order valence-electron chi connectivity index (χ0n) is 10.6. The van der Waals surface area contributed by atoms with Gasteiger partial charge in [0.25, 0.3) is 0 Å². The molecule has 4 heterocycles. The van der Waals surface area contributed by atoms with Crippen LogP contribution in [0.3, 0.4) is 0 Å². The largest absolute Gasteiger partial charge is 0.473 e. The number of piperidine rings is 3. The summed E-state index contributed by atoms with van der Waals surface area (Å²) in [6, 6.07) is 0.498. The predicted molar refractivity (Wildman–Crippen MR) is 68.5 cm³/mol. The van der Waals surface area contributed by atoms with Gasteiger partial charge in [-0.1, -0.05) is 0 Å². The molecule has 3 saturated heterocycles. The summed E-state index contributed by atoms with van der Waals surface area (Å²) in [6.07, 6.45) is 4.35. The van der Waals surface area contributed by atoms with E-state index in [1.54, 1.807) is 6.33 Å². The lowest BCUT2D eigenvalue weighted by molar-refractivity contribution is -0.159. The highest BCUT2D eigenvalue weighted by atomic mass is 35.5. The Bertz CT molecular complexity index is 486. The Morgan fingerprint density at radius 2 is 1.85 bits per heavy atom. The van der Waals surface area contributed by atoms with Gasteiger partial charge in [-0.25, -0.2) is 19.3 Å². The van der Waals surface area contributed by atoms with E-state index in [-0.39, 0.29) is 0 Å². The molecule has 3 fully saturated rings. The van der Waals surface area contributed by atoms with E-state index in [4.69, 9.17) is 31.4 Å². The van der Waals surface area contributed by atoms with Gasteiger partial charge >= 0.3 is 11.9 Å². The van der Waals surface area contributed by atoms with Crippen LogP contribution in [0.5, 0.6) is 0 Å². The van der Waals surface area contributed by atoms with Crippen molar-refractivity contribution in [2.45, 2.75) is 18.9 Å². The van der Waals surface area contributed by atoms with Crippen molar-refractivity contribution in [1.82, 2.24) is 19.7 Å². The molecule has 4 rings (SSSR count). The number of nitrogens with zero attached hydrogens (tertiary/aromatic N) is 4. The molecule has 1 atom stereocenters. The van der Waals surface area contributed by atoms with Gasteiger partial charge in [-0.15, -0.1) is 5.10 Å². The summed E-state index contributed by atoms with van der Waals surface area (Å²) in [5.41, 5.74) is 0. The summed E-state index contributed by atoms with van der Waals surface area (Å²) >= 11 is 5.73. The van der Waals surface area contributed by atoms with Crippen molar-refractivity contribution in [3.8, 4) is 0 Å². The number of halogens is 1. The molecule has 0 amide bonds. The van der Waals surface area contributed by atoms with Crippen molar-refractivity contribution in [2.75, 3.05) is 19.6 Å². The molecule has 110 valence electrons. The lowest BCUT2D eigenvalue weighted by Gasteiger charge is -2.44. The van der Waals surface area contributed by atoms with Gasteiger partial charge in [0.1, 0.15) is 6.33 Å². The van der Waals surface area contributed by atoms with E-state index in [1.807, 2.05) is 4.68 Å². The number of hydrogen-bond donors (Lipinski definition) is 2. The third-order valence-corrected chi connectivity index (χ3v) is 3.80. The topological polar surface area (TPSA) is 109 Å². The second kappa shape index (κ2) is 6.19. The molecule has 0 spiro atoms. The zero-order valence-corrected chi connectivity index (χ0v) is 11.4. The fourth-order valence-corrected chi connectivity index (χ4v) is 2.78. The minimum atomic E-state index is -1.82. The van der Waals surface area contributed by atoms with Crippen LogP contribution >= 0.6 is 11.6 Å². The van der Waals surface area contributed by atoms with Gasteiger partial charge in [0.15, 0.2) is 0 Å². The standard InChI is InChI=1S/C9H13ClN4.C2H2O4/c10-9-11-6-14(12-9)8-5-13-3-1-7(8)2-4-13;3-1(4)2(5)6/h6-8H,1-5H2;(H,3,4)(H,5,6). The van der Waals surface area contributed by atoms with Gasteiger partial charge in [0.2, 0.25) is 5.28 Å². The van der Waals surface area contributed by atoms with Crippen LogP contribution in [0.4, 0.5) is 0 Å². The number of carboxylic acid groups (broad SMARTS) is 2. The summed E-state index contributed by atoms with van der Waals surface area (Å²) in [6.45, 7) is 3.62. The Morgan fingerprint density at radius 1 is 1.25 bits per heavy atom. The average Bonchev–Trinajstić information content (AvgIpc) is 2.87. The normalized spacial score (nSPS) is 27.6. The molecule has 20 heavy (non-hydrogen) atoms. The summed E-state index contributed by atoms with van der Waals surface area (Å²) in [5, 5.41) is 19.3. The van der Waals surface area contributed by atoms with Gasteiger partial charge in [-0.2, -0.15) is 0 Å². The molecular weight excluding hydrogens is 288 g/mol. The molecular formula is C11H15ClN4O4. The molecule has 1 aromatic heterocycles. The lowest BCUT2D eigenvalue weighted by atomic mass is 9.84. The average molecular weight is 303 g/mol. The number of carbonyl (C=O) groups is 2. The molecule has 0 saturated carbocycles. The first-order valence-electron chi connectivity index (χ1n) is 6.22. The van der Waals surface area contributed by atoms with E-state index in [0.717, 1.165) is 12.5 Å². The Kier molecular flexibility index (Phi) is 4.56. The third-order valence-electron chi connectivity index (χ3n) is 3.62. The minimum Gasteiger partial charge on any atom is -0.473 e. The second-order valence-corrected chi connectivity index (χ2v) is 5.15. The highest BCUT2D eigenvalue weighted by Gasteiger charge is 2.35. The second-order valence-electron chi connectivity index (χ2n) is 4.81. The maximum absolute atomic E-state index is 9.10. The molecule has 9 heteroatoms. The maximum Gasteiger partial charge on any atom is 0.414 e. The fourth-order valence-electron chi connectivity index (χ4n) is 2.65. The van der Waals surface area contributed by atoms with Crippen LogP contribution in [-0.2, 0) is 9.59 Å². The summed E-state index contributed by atoms with van der Waals surface area (Å²) in [7, 11) is 0. The number of rotatable bonds is 1. The molecule has 1 unspecified atom stereocenters. The number of aromatic nitrogens is 3. The molecule has 8 nitrogen and oxygen atoms in total. The van der Waals surface area contributed by atoms with Crippen molar-refractivity contribution >= 4 is 23.5 Å². The smallest absolute Gasteiger partial charge is 0.414 e. The van der Waals surface area contributed by atoms with Crippen LogP contribution in [0.25, 0.3) is 0 Å². The SMILES string of the molecule is Clc1ncn(C2CN3CCC2CC3)n1.O=C(O)C(=O)O. The Balaban J connectivity index is 0.000000212. The Morgan fingerprint density at radius 3 is 2.20 bits per heavy atom. The summed E-state index contributed by atoms with van der Waals surface area (Å²) < 4.78 is 1.94. The van der Waals surface area contributed by atoms with E-state index in [2.05, 4.69) is 15.0 Å². The number of carboxylic acids is 2. The highest BCUT2D eigenvalue weighted by Crippen LogP contribution is 2.34. The van der Waals surface area contributed by atoms with Crippen molar-refractivity contribution < 1.29 is 19.8 Å². The van der Waals surface area contributed by atoms with Crippen LogP contribution in [0.1, 0.15) is 18.9 Å². The number of hydrogen-bond acceptors (Lipinski definition) is 5. The van der Waals surface area contributed by atoms with Crippen molar-refractivity contribution in [3.05, 3.63) is 11.6 Å². The molecule has 3 aliphatic heterocycles. The van der Waals surface area contributed by atoms with Crippen molar-refractivity contribution in [3.63, 3.8) is 0 Å². The first-order chi connectivity index (χ1) is 9.47. The first-order valence-corrected chi connectivity index (χ1v) is 6.60. The number of fused-ring (bicyclic) bond motifs is 3. The predicted octanol–water partition coefficient (Wildman–Crippen LogP) is 0.354. The summed E-state index contributed by atoms with van der Waals surface area (Å²) in [5.74, 6) is -2.87. The van der Waals surface area contributed by atoms with Gasteiger partial charge in [0, 0.05) is 6.54 Å². The van der Waals surface area contributed by atoms with Gasteiger partial charge in [-0.05, 0) is 43.5 Å². The fraction of sp³-hybridized carbons (Fsp3) is 0.636. The van der Waals surface area contributed by atoms with E-state index in [0.29, 0.717) is 11.3 Å². The zero-order chi connectivity index (χ0) is 14.7. The van der Waals surface area contributed by atoms with Crippen molar-refractivity contribution in [2.24, 2.45) is 5.92 Å². The van der Waals surface area contributed by atoms with Gasteiger partial charge in [-0.3, -0.25) is 0 Å². The Hall–Kier alpha value is -1.67. The summed E-state index contributed by atoms with van der Waals surface area (Å²) in [4.78, 5) is 24.7. The van der Waals surface area contributed by atoms with Crippen LogP contribution in [0, 0.1) is 5.92 Å². The number of aliphatic carboxylic acids is 2. The molecule has 3 aliphatic rings.